The summed E-state index contributed by atoms with van der Waals surface area (Å²) in [5, 5.41) is 6.77. The van der Waals surface area contributed by atoms with Crippen LogP contribution in [-0.2, 0) is 11.3 Å². The Kier molecular flexibility index (Phi) is 4.17. The van der Waals surface area contributed by atoms with Gasteiger partial charge in [-0.05, 0) is 42.0 Å². The molecule has 2 aromatic carbocycles. The van der Waals surface area contributed by atoms with Crippen molar-refractivity contribution in [1.29, 1.82) is 0 Å². The van der Waals surface area contributed by atoms with Gasteiger partial charge in [0.1, 0.15) is 11.9 Å². The second kappa shape index (κ2) is 6.85. The number of para-hydroxylation sites is 1. The van der Waals surface area contributed by atoms with Gasteiger partial charge in [0.25, 0.3) is 5.91 Å². The minimum Gasteiger partial charge on any atom is -0.454 e. The molecular formula is C20H16N4O4S. The first-order valence-electron chi connectivity index (χ1n) is 9.08. The number of nitrogens with zero attached hydrogens (tertiary/aromatic N) is 2. The van der Waals surface area contributed by atoms with Gasteiger partial charge in [-0.25, -0.2) is 9.55 Å². The lowest BCUT2D eigenvalue weighted by Gasteiger charge is -2.10. The third-order valence-electron chi connectivity index (χ3n) is 4.94. The molecule has 146 valence electrons. The lowest BCUT2D eigenvalue weighted by molar-refractivity contribution is -0.121. The summed E-state index contributed by atoms with van der Waals surface area (Å²) in [5.74, 6) is 1.41. The number of rotatable bonds is 4. The van der Waals surface area contributed by atoms with Crippen LogP contribution >= 0.6 is 12.2 Å². The van der Waals surface area contributed by atoms with Crippen LogP contribution in [0.1, 0.15) is 16.8 Å². The van der Waals surface area contributed by atoms with Gasteiger partial charge in [0.15, 0.2) is 11.5 Å². The number of anilines is 1. The average Bonchev–Trinajstić information content (AvgIpc) is 3.31. The maximum atomic E-state index is 12.8. The van der Waals surface area contributed by atoms with Crippen LogP contribution in [0.3, 0.4) is 0 Å². The highest BCUT2D eigenvalue weighted by molar-refractivity contribution is 7.71. The molecule has 8 nitrogen and oxygen atoms in total. The molecule has 0 unspecified atom stereocenters. The zero-order valence-corrected chi connectivity index (χ0v) is 16.0. The summed E-state index contributed by atoms with van der Waals surface area (Å²) in [6, 6.07) is 12.2. The molecule has 0 aliphatic carbocycles. The molecule has 29 heavy (non-hydrogen) atoms. The maximum absolute atomic E-state index is 12.8. The SMILES string of the molecule is O=C(C[C@H]1Nc2c3ccccc3nc(=S)n2C1=O)NCc1ccc2c(c1)OCO2. The van der Waals surface area contributed by atoms with Crippen molar-refractivity contribution in [2.24, 2.45) is 0 Å². The van der Waals surface area contributed by atoms with Gasteiger partial charge in [0.05, 0.1) is 11.9 Å². The fourth-order valence-corrected chi connectivity index (χ4v) is 3.80. The quantitative estimate of drug-likeness (QED) is 0.641. The first kappa shape index (κ1) is 17.6. The molecule has 0 saturated heterocycles. The fourth-order valence-electron chi connectivity index (χ4n) is 3.52. The van der Waals surface area contributed by atoms with Crippen molar-refractivity contribution in [3.63, 3.8) is 0 Å². The zero-order chi connectivity index (χ0) is 20.0. The highest BCUT2D eigenvalue weighted by Crippen LogP contribution is 2.32. The number of benzene rings is 2. The number of nitrogens with one attached hydrogen (secondary N) is 2. The van der Waals surface area contributed by atoms with Crippen molar-refractivity contribution in [2.75, 3.05) is 12.1 Å². The number of ether oxygens (including phenoxy) is 2. The monoisotopic (exact) mass is 408 g/mol. The summed E-state index contributed by atoms with van der Waals surface area (Å²) < 4.78 is 12.2. The minimum atomic E-state index is -0.693. The molecule has 9 heteroatoms. The van der Waals surface area contributed by atoms with E-state index in [1.807, 2.05) is 42.5 Å². The maximum Gasteiger partial charge on any atom is 0.257 e. The molecule has 2 aliphatic heterocycles. The predicted octanol–water partition coefficient (Wildman–Crippen LogP) is 2.64. The normalized spacial score (nSPS) is 16.6. The first-order chi connectivity index (χ1) is 14.1. The number of hydrogen-bond donors (Lipinski definition) is 2. The Hall–Kier alpha value is -3.46. The second-order valence-electron chi connectivity index (χ2n) is 6.80. The van der Waals surface area contributed by atoms with Gasteiger partial charge in [-0.15, -0.1) is 0 Å². The Balaban J connectivity index is 1.29. The lowest BCUT2D eigenvalue weighted by Crippen LogP contribution is -2.33. The van der Waals surface area contributed by atoms with Gasteiger partial charge in [-0.1, -0.05) is 18.2 Å². The summed E-state index contributed by atoms with van der Waals surface area (Å²) >= 11 is 5.27. The van der Waals surface area contributed by atoms with E-state index in [1.54, 1.807) is 0 Å². The molecular weight excluding hydrogens is 392 g/mol. The van der Waals surface area contributed by atoms with Gasteiger partial charge < -0.3 is 20.1 Å². The van der Waals surface area contributed by atoms with Crippen LogP contribution in [0, 0.1) is 4.77 Å². The molecule has 0 spiro atoms. The molecule has 1 atom stereocenters. The third-order valence-corrected chi connectivity index (χ3v) is 5.21. The molecule has 0 saturated carbocycles. The zero-order valence-electron chi connectivity index (χ0n) is 15.2. The molecule has 3 aromatic rings. The van der Waals surface area contributed by atoms with E-state index in [0.717, 1.165) is 10.9 Å². The summed E-state index contributed by atoms with van der Waals surface area (Å²) in [5.41, 5.74) is 1.59. The van der Waals surface area contributed by atoms with E-state index in [4.69, 9.17) is 21.7 Å². The van der Waals surface area contributed by atoms with E-state index in [-0.39, 0.29) is 29.8 Å². The highest BCUT2D eigenvalue weighted by Gasteiger charge is 2.33. The number of carbonyl (C=O) groups is 2. The molecule has 2 N–H and O–H groups in total. The van der Waals surface area contributed by atoms with Gasteiger partial charge in [0.2, 0.25) is 17.5 Å². The smallest absolute Gasteiger partial charge is 0.257 e. The topological polar surface area (TPSA) is 94.5 Å². The number of fused-ring (bicyclic) bond motifs is 4. The van der Waals surface area contributed by atoms with Crippen molar-refractivity contribution in [3.8, 4) is 11.5 Å². The molecule has 0 bridgehead atoms. The van der Waals surface area contributed by atoms with E-state index >= 15 is 0 Å². The molecule has 0 radical (unpaired) electrons. The van der Waals surface area contributed by atoms with Crippen LogP contribution in [0.25, 0.3) is 10.9 Å². The minimum absolute atomic E-state index is 0.00579. The van der Waals surface area contributed by atoms with Crippen LogP contribution in [0.15, 0.2) is 42.5 Å². The van der Waals surface area contributed by atoms with Crippen LogP contribution in [0.5, 0.6) is 11.5 Å². The van der Waals surface area contributed by atoms with E-state index in [9.17, 15) is 9.59 Å². The summed E-state index contributed by atoms with van der Waals surface area (Å²) in [4.78, 5) is 29.5. The predicted molar refractivity (Wildman–Crippen MR) is 108 cm³/mol. The third kappa shape index (κ3) is 3.09. The van der Waals surface area contributed by atoms with E-state index in [1.165, 1.54) is 4.57 Å². The van der Waals surface area contributed by atoms with Crippen molar-refractivity contribution < 1.29 is 19.1 Å². The Morgan fingerprint density at radius 3 is 2.97 bits per heavy atom. The van der Waals surface area contributed by atoms with E-state index < -0.39 is 6.04 Å². The van der Waals surface area contributed by atoms with Crippen LogP contribution in [0.2, 0.25) is 0 Å². The lowest BCUT2D eigenvalue weighted by atomic mass is 10.1. The molecule has 3 heterocycles. The van der Waals surface area contributed by atoms with Gasteiger partial charge in [-0.2, -0.15) is 0 Å². The van der Waals surface area contributed by atoms with Crippen molar-refractivity contribution >= 4 is 40.8 Å². The van der Waals surface area contributed by atoms with Gasteiger partial charge >= 0.3 is 0 Å². The molecule has 0 fully saturated rings. The Labute approximate surface area is 170 Å². The van der Waals surface area contributed by atoms with E-state index in [2.05, 4.69) is 15.6 Å². The van der Waals surface area contributed by atoms with Crippen molar-refractivity contribution in [1.82, 2.24) is 14.9 Å². The molecule has 1 amide bonds. The van der Waals surface area contributed by atoms with Crippen LogP contribution in [0.4, 0.5) is 5.82 Å². The largest absolute Gasteiger partial charge is 0.454 e. The number of aromatic nitrogens is 2. The van der Waals surface area contributed by atoms with Crippen LogP contribution < -0.4 is 20.1 Å². The van der Waals surface area contributed by atoms with E-state index in [0.29, 0.717) is 29.4 Å². The highest BCUT2D eigenvalue weighted by atomic mass is 32.1. The van der Waals surface area contributed by atoms with Crippen molar-refractivity contribution in [3.05, 3.63) is 52.8 Å². The number of amides is 1. The summed E-state index contributed by atoms with van der Waals surface area (Å²) in [6.45, 7) is 0.528. The average molecular weight is 408 g/mol. The summed E-state index contributed by atoms with van der Waals surface area (Å²) in [6.07, 6.45) is -0.00579. The number of hydrogen-bond acceptors (Lipinski definition) is 7. The Morgan fingerprint density at radius 1 is 1.24 bits per heavy atom. The number of carbonyl (C=O) groups excluding carboxylic acids is 2. The molecule has 1 aromatic heterocycles. The fraction of sp³-hybridized carbons (Fsp3) is 0.200. The van der Waals surface area contributed by atoms with Crippen molar-refractivity contribution in [2.45, 2.75) is 19.0 Å². The Morgan fingerprint density at radius 2 is 2.07 bits per heavy atom. The van der Waals surface area contributed by atoms with Gasteiger partial charge in [-0.3, -0.25) is 9.59 Å². The standard InChI is InChI=1S/C20H16N4O4S/c25-17(21-9-11-5-6-15-16(7-11)28-10-27-15)8-14-19(26)24-18(22-14)12-3-1-2-4-13(12)23-20(24)29/h1-7,14,22H,8-10H2,(H,21,25)/t14-/m1/s1. The molecule has 5 rings (SSSR count). The van der Waals surface area contributed by atoms with Crippen LogP contribution in [-0.4, -0.2) is 34.2 Å². The second-order valence-corrected chi connectivity index (χ2v) is 7.16. The van der Waals surface area contributed by atoms with Gasteiger partial charge in [0, 0.05) is 11.9 Å². The summed E-state index contributed by atoms with van der Waals surface area (Å²) in [7, 11) is 0. The molecule has 2 aliphatic rings. The Bertz CT molecular complexity index is 1220. The first-order valence-corrected chi connectivity index (χ1v) is 9.49.